The fourth-order valence-electron chi connectivity index (χ4n) is 10.5. The third-order valence-electron chi connectivity index (χ3n) is 15.0. The van der Waals surface area contributed by atoms with E-state index in [1.165, 1.54) is 24.5 Å². The van der Waals surface area contributed by atoms with Gasteiger partial charge in [-0.2, -0.15) is 4.73 Å². The molecule has 83 heavy (non-hydrogen) atoms. The topological polar surface area (TPSA) is 247 Å². The van der Waals surface area contributed by atoms with Gasteiger partial charge in [-0.1, -0.05) is 62.3 Å². The van der Waals surface area contributed by atoms with Gasteiger partial charge in [-0.3, -0.25) is 23.5 Å². The summed E-state index contributed by atoms with van der Waals surface area (Å²) < 4.78 is 53.8. The lowest BCUT2D eigenvalue weighted by Gasteiger charge is -2.50. The van der Waals surface area contributed by atoms with Crippen molar-refractivity contribution in [1.82, 2.24) is 20.1 Å². The molecule has 1 N–H and O–H groups in total. The standard InChI is InChI=1S/C58H64BN7O15S2/c1-35-60-44(33-82-35)49(62-81-47(27-58(2,3)4)56(70)78-31-37-10-16-42(75-6)17-11-37)52(67)61-50-54(69)65-51(57(71)79-32-38-12-18-43(76-7)19-13-38)39(34-83(73)55(50)65)29-66-23-20-40(21-24-66)63(22-25-66)53(68)45-26-46(80-59)48(28-64(45)72)77-30-36-8-14-41(74-5)15-9-36/h8-19,26,28,33,40,47,50,55H,20-25,27,29-32,34H2,1-7H3/p+1/b62-49-/t40?,47-,50+,55+,66?,83?/m0/s1. The maximum absolute atomic E-state index is 14.6. The smallest absolute Gasteiger partial charge is 0.374 e. The number of esters is 2. The number of β-lactam (4-membered cyclic amide) rings is 1. The molecule has 4 atom stereocenters. The molecule has 0 spiro atoms. The Kier molecular flexibility index (Phi) is 18.4. The van der Waals surface area contributed by atoms with Crippen molar-refractivity contribution in [3.8, 4) is 28.7 Å². The molecular weight excluding hydrogens is 1110 g/mol. The summed E-state index contributed by atoms with van der Waals surface area (Å²) in [7, 11) is 8.41. The minimum Gasteiger partial charge on any atom is -0.618 e. The van der Waals surface area contributed by atoms with Crippen LogP contribution in [0.1, 0.15) is 77.9 Å². The summed E-state index contributed by atoms with van der Waals surface area (Å²) in [6, 6.07) is 20.7. The Morgan fingerprint density at radius 2 is 1.47 bits per heavy atom. The highest BCUT2D eigenvalue weighted by Gasteiger charge is 2.59. The molecule has 2 bridgehead atoms. The zero-order chi connectivity index (χ0) is 59.2. The fourth-order valence-corrected chi connectivity index (χ4v) is 12.8. The van der Waals surface area contributed by atoms with Gasteiger partial charge in [0.1, 0.15) is 66.4 Å². The van der Waals surface area contributed by atoms with E-state index in [9.17, 15) is 33.4 Å². The highest BCUT2D eigenvalue weighted by atomic mass is 32.2. The summed E-state index contributed by atoms with van der Waals surface area (Å²) in [6.07, 6.45) is 1.07. The van der Waals surface area contributed by atoms with Gasteiger partial charge >= 0.3 is 25.9 Å². The number of aromatic nitrogens is 2. The molecule has 2 aromatic heterocycles. The maximum atomic E-state index is 14.6. The van der Waals surface area contributed by atoms with Crippen molar-refractivity contribution in [2.75, 3.05) is 59.8 Å². The summed E-state index contributed by atoms with van der Waals surface area (Å²) in [5, 5.41) is 21.5. The first-order valence-corrected chi connectivity index (χ1v) is 29.1. The Bertz CT molecular complexity index is 3310. The summed E-state index contributed by atoms with van der Waals surface area (Å²) in [5.41, 5.74) is 1.54. The molecule has 4 saturated heterocycles. The number of ether oxygens (including phenoxy) is 6. The molecule has 10 rings (SSSR count). The van der Waals surface area contributed by atoms with Crippen LogP contribution >= 0.6 is 11.3 Å². The largest absolute Gasteiger partial charge is 0.618 e. The number of carbonyl (C=O) groups is 5. The molecule has 436 valence electrons. The van der Waals surface area contributed by atoms with Crippen LogP contribution < -0.4 is 33.6 Å². The Morgan fingerprint density at radius 1 is 0.880 bits per heavy atom. The molecule has 2 radical (unpaired) electrons. The molecule has 5 aliphatic rings. The number of fused-ring (bicyclic) bond motifs is 5. The second-order valence-electron chi connectivity index (χ2n) is 21.8. The van der Waals surface area contributed by atoms with Crippen LogP contribution in [0.2, 0.25) is 0 Å². The van der Waals surface area contributed by atoms with Crippen molar-refractivity contribution < 1.29 is 75.3 Å². The average Bonchev–Trinajstić information content (AvgIpc) is 3.91. The normalized spacial score (nSPS) is 20.7. The van der Waals surface area contributed by atoms with Crippen LogP contribution in [0, 0.1) is 17.5 Å². The zero-order valence-electron chi connectivity index (χ0n) is 47.2. The van der Waals surface area contributed by atoms with Crippen LogP contribution in [0.5, 0.6) is 28.7 Å². The van der Waals surface area contributed by atoms with Gasteiger partial charge in [-0.15, -0.1) is 11.3 Å². The number of piperidine rings is 1. The highest BCUT2D eigenvalue weighted by Crippen LogP contribution is 2.39. The number of benzene rings is 3. The van der Waals surface area contributed by atoms with Gasteiger partial charge in [0.05, 0.1) is 75.1 Å². The van der Waals surface area contributed by atoms with Crippen molar-refractivity contribution in [2.45, 2.75) is 90.3 Å². The Morgan fingerprint density at radius 3 is 2.02 bits per heavy atom. The van der Waals surface area contributed by atoms with Crippen molar-refractivity contribution in [3.05, 3.63) is 140 Å². The zero-order valence-corrected chi connectivity index (χ0v) is 48.8. The van der Waals surface area contributed by atoms with E-state index in [-0.39, 0.29) is 85.4 Å². The summed E-state index contributed by atoms with van der Waals surface area (Å²) in [4.78, 5) is 84.9. The highest BCUT2D eigenvalue weighted by molar-refractivity contribution is 7.86. The van der Waals surface area contributed by atoms with Crippen LogP contribution in [-0.4, -0.2) is 150 Å². The minimum absolute atomic E-state index is 0.0111. The maximum Gasteiger partial charge on any atom is 0.374 e. The van der Waals surface area contributed by atoms with Gasteiger partial charge in [-0.25, -0.2) is 14.6 Å². The molecule has 0 saturated carbocycles. The molecule has 1 unspecified atom stereocenters. The van der Waals surface area contributed by atoms with Gasteiger partial charge in [0, 0.05) is 36.3 Å². The number of nitrogens with zero attached hydrogens (tertiary/aromatic N) is 6. The molecule has 5 aliphatic heterocycles. The third-order valence-corrected chi connectivity index (χ3v) is 17.4. The second-order valence-corrected chi connectivity index (χ2v) is 24.4. The van der Waals surface area contributed by atoms with Gasteiger partial charge in [-0.05, 0) is 65.4 Å². The van der Waals surface area contributed by atoms with E-state index in [0.717, 1.165) is 16.7 Å². The summed E-state index contributed by atoms with van der Waals surface area (Å²) >= 11 is 1.23. The Labute approximate surface area is 488 Å². The first-order valence-electron chi connectivity index (χ1n) is 26.8. The van der Waals surface area contributed by atoms with Crippen molar-refractivity contribution in [3.63, 3.8) is 0 Å². The predicted octanol–water partition coefficient (Wildman–Crippen LogP) is 4.97. The summed E-state index contributed by atoms with van der Waals surface area (Å²) in [5.74, 6) is -1.94. The van der Waals surface area contributed by atoms with E-state index in [1.807, 2.05) is 20.8 Å². The average molecular weight is 1180 g/mol. The number of hydrogen-bond donors (Lipinski definition) is 1. The van der Waals surface area contributed by atoms with Crippen LogP contribution in [0.4, 0.5) is 0 Å². The van der Waals surface area contributed by atoms with Crippen LogP contribution in [0.25, 0.3) is 0 Å². The van der Waals surface area contributed by atoms with E-state index < -0.39 is 63.4 Å². The Balaban J connectivity index is 0.940. The summed E-state index contributed by atoms with van der Waals surface area (Å²) in [6.45, 7) is 9.19. The van der Waals surface area contributed by atoms with Gasteiger partial charge in [0.15, 0.2) is 11.5 Å². The molecule has 7 heterocycles. The van der Waals surface area contributed by atoms with Crippen LogP contribution in [0.3, 0.4) is 0 Å². The number of amides is 3. The lowest BCUT2D eigenvalue weighted by Crippen LogP contribution is -2.74. The lowest BCUT2D eigenvalue weighted by atomic mass is 9.89. The third kappa shape index (κ3) is 13.7. The number of aryl methyl sites for hydroxylation is 1. The molecule has 3 amide bonds. The van der Waals surface area contributed by atoms with Gasteiger partial charge in [0.2, 0.25) is 18.1 Å². The van der Waals surface area contributed by atoms with Gasteiger partial charge in [0.25, 0.3) is 17.5 Å². The number of rotatable bonds is 22. The number of pyridine rings is 1. The number of oxime groups is 1. The second kappa shape index (κ2) is 25.6. The molecular formula is C58H65BN7O15S2+. The quantitative estimate of drug-likeness (QED) is 0.0140. The molecule has 4 fully saturated rings. The number of nitrogens with one attached hydrogen (secondary N) is 1. The number of hydrogen-bond acceptors (Lipinski definition) is 18. The number of quaternary nitrogens is 1. The van der Waals surface area contributed by atoms with Crippen LogP contribution in [0.15, 0.2) is 107 Å². The SMILES string of the molecule is [B]Oc1cc(C(=O)N2CC[N+]3(CC4=C(C(=O)OCc5ccc(OC)cc5)N5C(=O)[C@@H](NC(=O)/C(=N\O[C@@H](CC(C)(C)C)C(=O)OCc6ccc(OC)cc6)c6csc(C)n6)[C@H]5S(=O)C4)CCC2CC3)[n+]([O-])cc1OCc1ccc(OC)cc1. The molecule has 25 heteroatoms. The first-order chi connectivity index (χ1) is 39.8. The predicted molar refractivity (Wildman–Crippen MR) is 303 cm³/mol. The van der Waals surface area contributed by atoms with Crippen molar-refractivity contribution >= 4 is 65.6 Å². The lowest BCUT2D eigenvalue weighted by molar-refractivity contribution is -0.924. The van der Waals surface area contributed by atoms with E-state index in [4.69, 9.17) is 46.0 Å². The number of carbonyl (C=O) groups excluding carboxylic acids is 5. The van der Waals surface area contributed by atoms with Gasteiger partial charge < -0.3 is 57.8 Å². The van der Waals surface area contributed by atoms with E-state index >= 15 is 0 Å². The Hall–Kier alpha value is -8.03. The van der Waals surface area contributed by atoms with Crippen molar-refractivity contribution in [1.29, 1.82) is 0 Å². The van der Waals surface area contributed by atoms with E-state index in [1.54, 1.807) is 104 Å². The number of methoxy groups -OCH3 is 3. The molecule has 3 aromatic carbocycles. The minimum atomic E-state index is -1.88. The van der Waals surface area contributed by atoms with Crippen LogP contribution in [-0.2, 0) is 64.1 Å². The fraction of sp³-hybridized carbons (Fsp3) is 0.414. The molecule has 5 aromatic rings. The van der Waals surface area contributed by atoms with E-state index in [2.05, 4.69) is 15.5 Å². The first kappa shape index (κ1) is 59.6. The molecule has 0 aliphatic carbocycles. The monoisotopic (exact) mass is 1170 g/mol. The van der Waals surface area contributed by atoms with Crippen molar-refractivity contribution in [2.24, 2.45) is 10.6 Å². The molecule has 22 nitrogen and oxygen atoms in total. The van der Waals surface area contributed by atoms with E-state index in [0.29, 0.717) is 80.6 Å². The number of thiazole rings is 1.